The maximum absolute atomic E-state index is 5.56. The number of pyridine rings is 1. The summed E-state index contributed by atoms with van der Waals surface area (Å²) in [6, 6.07) is 4.44. The van der Waals surface area contributed by atoms with Crippen LogP contribution in [0.1, 0.15) is 31.0 Å². The Balaban J connectivity index is 1.32. The molecule has 7 heteroatoms. The van der Waals surface area contributed by atoms with Gasteiger partial charge >= 0.3 is 0 Å². The first kappa shape index (κ1) is 19.5. The Morgan fingerprint density at radius 3 is 2.80 bits per heavy atom. The summed E-state index contributed by atoms with van der Waals surface area (Å²) < 4.78 is 5.56. The van der Waals surface area contributed by atoms with E-state index in [-0.39, 0.29) is 12.2 Å². The van der Waals surface area contributed by atoms with Crippen molar-refractivity contribution in [1.82, 2.24) is 30.3 Å². The molecular weight excluding hydrogens is 376 g/mol. The standard InChI is InChI=1S/C23H32N6O/c1-27-12-14-28(15-13-27)22-10-4-9-21-26-19(16-29(21)22)17-6-3-7-18(25-17)23-20(30-2)8-5-11-24-23/h4-5,8-11,16-18,21,25-26H,3,6-7,12-15H2,1-2H3. The summed E-state index contributed by atoms with van der Waals surface area (Å²) in [5.74, 6) is 2.17. The van der Waals surface area contributed by atoms with Crippen molar-refractivity contribution < 1.29 is 4.74 Å². The van der Waals surface area contributed by atoms with Crippen molar-refractivity contribution in [1.29, 1.82) is 0 Å². The molecule has 2 fully saturated rings. The molecule has 0 saturated carbocycles. The van der Waals surface area contributed by atoms with E-state index < -0.39 is 0 Å². The van der Waals surface area contributed by atoms with Crippen LogP contribution in [0.4, 0.5) is 0 Å². The van der Waals surface area contributed by atoms with E-state index in [2.05, 4.69) is 61.8 Å². The van der Waals surface area contributed by atoms with Gasteiger partial charge in [0.1, 0.15) is 17.7 Å². The van der Waals surface area contributed by atoms with Crippen LogP contribution >= 0.6 is 0 Å². The van der Waals surface area contributed by atoms with Gasteiger partial charge in [-0.3, -0.25) is 4.98 Å². The molecule has 0 spiro atoms. The average Bonchev–Trinajstić information content (AvgIpc) is 3.24. The number of rotatable bonds is 4. The second-order valence-corrected chi connectivity index (χ2v) is 8.57. The number of likely N-dealkylation sites (N-methyl/N-ethyl adjacent to an activating group) is 1. The van der Waals surface area contributed by atoms with Gasteiger partial charge in [-0.2, -0.15) is 0 Å². The van der Waals surface area contributed by atoms with Crippen LogP contribution < -0.4 is 15.4 Å². The highest BCUT2D eigenvalue weighted by atomic mass is 16.5. The minimum atomic E-state index is 0.200. The lowest BCUT2D eigenvalue weighted by Gasteiger charge is -2.40. The Hall–Kier alpha value is -2.51. The first-order valence-electron chi connectivity index (χ1n) is 11.1. The molecule has 1 aromatic rings. The van der Waals surface area contributed by atoms with Gasteiger partial charge in [0.2, 0.25) is 0 Å². The van der Waals surface area contributed by atoms with Crippen LogP contribution in [-0.4, -0.2) is 72.2 Å². The van der Waals surface area contributed by atoms with E-state index in [1.165, 1.54) is 17.9 Å². The number of nitrogens with one attached hydrogen (secondary N) is 2. The lowest BCUT2D eigenvalue weighted by molar-refractivity contribution is 0.147. The van der Waals surface area contributed by atoms with E-state index in [1.807, 2.05) is 18.3 Å². The minimum Gasteiger partial charge on any atom is -0.495 e. The zero-order valence-electron chi connectivity index (χ0n) is 17.9. The molecule has 4 aliphatic heterocycles. The summed E-state index contributed by atoms with van der Waals surface area (Å²) in [6.07, 6.45) is 14.4. The van der Waals surface area contributed by atoms with Gasteiger partial charge in [-0.1, -0.05) is 6.08 Å². The van der Waals surface area contributed by atoms with E-state index in [0.29, 0.717) is 6.04 Å². The Labute approximate surface area is 179 Å². The molecule has 5 rings (SSSR count). The second kappa shape index (κ2) is 8.32. The molecule has 2 N–H and O–H groups in total. The van der Waals surface area contributed by atoms with Crippen molar-refractivity contribution in [2.75, 3.05) is 40.3 Å². The summed E-state index contributed by atoms with van der Waals surface area (Å²) in [5.41, 5.74) is 2.28. The number of fused-ring (bicyclic) bond motifs is 1. The normalized spacial score (nSPS) is 29.2. The zero-order chi connectivity index (χ0) is 20.5. The molecular formula is C23H32N6O. The molecule has 5 heterocycles. The highest BCUT2D eigenvalue weighted by Gasteiger charge is 2.35. The number of ether oxygens (including phenoxy) is 1. The van der Waals surface area contributed by atoms with E-state index >= 15 is 0 Å². The lowest BCUT2D eigenvalue weighted by Crippen LogP contribution is -2.49. The minimum absolute atomic E-state index is 0.200. The smallest absolute Gasteiger partial charge is 0.141 e. The Bertz CT molecular complexity index is 857. The molecule has 0 radical (unpaired) electrons. The van der Waals surface area contributed by atoms with E-state index in [1.54, 1.807) is 7.11 Å². The Morgan fingerprint density at radius 1 is 1.13 bits per heavy atom. The number of piperidine rings is 1. The molecule has 30 heavy (non-hydrogen) atoms. The number of hydrogen-bond donors (Lipinski definition) is 2. The fourth-order valence-corrected chi connectivity index (χ4v) is 4.92. The SMILES string of the molecule is COc1cccnc1C1CCCC(C2=CN3C(N4CCN(C)CC4)=CC=CC3N2)N1. The summed E-state index contributed by atoms with van der Waals surface area (Å²) in [6.45, 7) is 4.38. The van der Waals surface area contributed by atoms with Gasteiger partial charge in [0.15, 0.2) is 0 Å². The molecule has 0 aliphatic carbocycles. The van der Waals surface area contributed by atoms with Crippen molar-refractivity contribution >= 4 is 0 Å². The maximum Gasteiger partial charge on any atom is 0.141 e. The first-order chi connectivity index (χ1) is 14.7. The largest absolute Gasteiger partial charge is 0.495 e. The molecule has 7 nitrogen and oxygen atoms in total. The third-order valence-electron chi connectivity index (χ3n) is 6.64. The molecule has 3 atom stereocenters. The third-order valence-corrected chi connectivity index (χ3v) is 6.64. The molecule has 160 valence electrons. The lowest BCUT2D eigenvalue weighted by atomic mass is 9.94. The van der Waals surface area contributed by atoms with Crippen LogP contribution in [0, 0.1) is 0 Å². The molecule has 2 saturated heterocycles. The van der Waals surface area contributed by atoms with Gasteiger partial charge < -0.3 is 30.1 Å². The van der Waals surface area contributed by atoms with Gasteiger partial charge in [-0.25, -0.2) is 0 Å². The van der Waals surface area contributed by atoms with Gasteiger partial charge in [0.05, 0.1) is 18.8 Å². The summed E-state index contributed by atoms with van der Waals surface area (Å²) in [7, 11) is 3.92. The van der Waals surface area contributed by atoms with Crippen LogP contribution in [0.2, 0.25) is 0 Å². The fraction of sp³-hybridized carbons (Fsp3) is 0.522. The van der Waals surface area contributed by atoms with E-state index in [9.17, 15) is 0 Å². The van der Waals surface area contributed by atoms with Crippen LogP contribution in [0.15, 0.2) is 54.3 Å². The van der Waals surface area contributed by atoms with Crippen LogP contribution in [0.3, 0.4) is 0 Å². The molecule has 1 aromatic heterocycles. The van der Waals surface area contributed by atoms with Crippen molar-refractivity contribution in [3.63, 3.8) is 0 Å². The van der Waals surface area contributed by atoms with Crippen molar-refractivity contribution in [2.24, 2.45) is 0 Å². The quantitative estimate of drug-likeness (QED) is 0.790. The predicted molar refractivity (Wildman–Crippen MR) is 117 cm³/mol. The second-order valence-electron chi connectivity index (χ2n) is 8.57. The average molecular weight is 409 g/mol. The van der Waals surface area contributed by atoms with Gasteiger partial charge in [-0.15, -0.1) is 0 Å². The highest BCUT2D eigenvalue weighted by molar-refractivity contribution is 5.33. The predicted octanol–water partition coefficient (Wildman–Crippen LogP) is 2.00. The number of piperazine rings is 1. The maximum atomic E-state index is 5.56. The molecule has 0 amide bonds. The van der Waals surface area contributed by atoms with Gasteiger partial charge in [0, 0.05) is 50.3 Å². The monoisotopic (exact) mass is 408 g/mol. The van der Waals surface area contributed by atoms with E-state index in [4.69, 9.17) is 4.74 Å². The number of methoxy groups -OCH3 is 1. The summed E-state index contributed by atoms with van der Waals surface area (Å²) >= 11 is 0. The van der Waals surface area contributed by atoms with Crippen molar-refractivity contribution in [2.45, 2.75) is 37.5 Å². The van der Waals surface area contributed by atoms with Gasteiger partial charge in [-0.05, 0) is 50.6 Å². The zero-order valence-corrected chi connectivity index (χ0v) is 17.9. The molecule has 0 aromatic carbocycles. The topological polar surface area (TPSA) is 55.9 Å². The summed E-state index contributed by atoms with van der Waals surface area (Å²) in [5, 5.41) is 7.58. The van der Waals surface area contributed by atoms with E-state index in [0.717, 1.165) is 50.5 Å². The summed E-state index contributed by atoms with van der Waals surface area (Å²) in [4.78, 5) is 11.9. The van der Waals surface area contributed by atoms with Crippen molar-refractivity contribution in [3.05, 3.63) is 60.0 Å². The highest BCUT2D eigenvalue weighted by Crippen LogP contribution is 2.34. The molecule has 4 aliphatic rings. The van der Waals surface area contributed by atoms with Crippen LogP contribution in [-0.2, 0) is 0 Å². The number of hydrogen-bond acceptors (Lipinski definition) is 7. The number of nitrogens with zero attached hydrogens (tertiary/aromatic N) is 4. The van der Waals surface area contributed by atoms with Crippen LogP contribution in [0.5, 0.6) is 5.75 Å². The Kier molecular flexibility index (Phi) is 5.39. The Morgan fingerprint density at radius 2 is 1.97 bits per heavy atom. The fourth-order valence-electron chi connectivity index (χ4n) is 4.92. The first-order valence-corrected chi connectivity index (χ1v) is 11.1. The van der Waals surface area contributed by atoms with Crippen molar-refractivity contribution in [3.8, 4) is 5.75 Å². The molecule has 3 unspecified atom stereocenters. The number of allylic oxidation sites excluding steroid dienone is 2. The third kappa shape index (κ3) is 3.68. The number of aromatic nitrogens is 1. The van der Waals surface area contributed by atoms with Gasteiger partial charge in [0.25, 0.3) is 0 Å². The van der Waals surface area contributed by atoms with Crippen LogP contribution in [0.25, 0.3) is 0 Å². The molecule has 0 bridgehead atoms.